The molecule has 0 fully saturated rings. The number of rotatable bonds is 15. The Morgan fingerprint density at radius 1 is 0.343 bits per heavy atom. The summed E-state index contributed by atoms with van der Waals surface area (Å²) in [4.78, 5) is 0. The maximum Gasteiger partial charge on any atom is 0.460 e. The Balaban J connectivity index is 5.84. The smallest absolute Gasteiger partial charge is 0.396 e. The van der Waals surface area contributed by atoms with E-state index in [0.29, 0.717) is 19.3 Å². The summed E-state index contributed by atoms with van der Waals surface area (Å²) >= 11 is 0. The molecule has 0 amide bonds. The second-order valence-electron chi connectivity index (χ2n) is 7.60. The topological polar surface area (TPSA) is 20.2 Å². The van der Waals surface area contributed by atoms with Crippen molar-refractivity contribution in [3.8, 4) is 0 Å². The van der Waals surface area contributed by atoms with E-state index in [1.165, 1.54) is 0 Å². The van der Waals surface area contributed by atoms with Crippen LogP contribution >= 0.6 is 0 Å². The molecule has 0 heterocycles. The van der Waals surface area contributed by atoms with Crippen molar-refractivity contribution in [1.29, 1.82) is 0 Å². The van der Waals surface area contributed by atoms with Crippen LogP contribution in [0.1, 0.15) is 51.4 Å². The Kier molecular flexibility index (Phi) is 10.3. The monoisotopic (exact) mass is 562 g/mol. The van der Waals surface area contributed by atoms with Crippen LogP contribution in [0.4, 0.5) is 74.6 Å². The highest BCUT2D eigenvalue weighted by molar-refractivity contribution is 5.15. The van der Waals surface area contributed by atoms with E-state index < -0.39 is 66.9 Å². The van der Waals surface area contributed by atoms with Crippen LogP contribution in [0.2, 0.25) is 0 Å². The molecule has 0 aromatic heterocycles. The summed E-state index contributed by atoms with van der Waals surface area (Å²) in [6.45, 7) is -0.168. The molecule has 0 radical (unpaired) electrons. The van der Waals surface area contributed by atoms with Crippen LogP contribution in [0.5, 0.6) is 0 Å². The lowest BCUT2D eigenvalue weighted by Crippen LogP contribution is -2.74. The van der Waals surface area contributed by atoms with E-state index in [-0.39, 0.29) is 19.4 Å². The van der Waals surface area contributed by atoms with Crippen LogP contribution < -0.4 is 0 Å². The van der Waals surface area contributed by atoms with Crippen LogP contribution in [0.15, 0.2) is 0 Å². The minimum absolute atomic E-state index is 0.0104. The van der Waals surface area contributed by atoms with Gasteiger partial charge in [-0.15, -0.1) is 0 Å². The van der Waals surface area contributed by atoms with Crippen LogP contribution in [-0.2, 0) is 0 Å². The normalized spacial score (nSPS) is 15.6. The van der Waals surface area contributed by atoms with Gasteiger partial charge in [0.25, 0.3) is 0 Å². The molecule has 0 rings (SSSR count). The van der Waals surface area contributed by atoms with Gasteiger partial charge in [0.05, 0.1) is 0 Å². The lowest BCUT2D eigenvalue weighted by atomic mass is 9.87. The molecular weight excluding hydrogens is 543 g/mol. The maximum atomic E-state index is 13.7. The van der Waals surface area contributed by atoms with Gasteiger partial charge in [-0.2, -0.15) is 74.6 Å². The van der Waals surface area contributed by atoms with Crippen molar-refractivity contribution >= 4 is 0 Å². The lowest BCUT2D eigenvalue weighted by molar-refractivity contribution is -0.461. The number of hydrogen-bond acceptors (Lipinski definition) is 1. The third-order valence-corrected chi connectivity index (χ3v) is 4.94. The lowest BCUT2D eigenvalue weighted by Gasteiger charge is -2.42. The van der Waals surface area contributed by atoms with Gasteiger partial charge >= 0.3 is 47.6 Å². The number of alkyl halides is 17. The first-order chi connectivity index (χ1) is 15.3. The van der Waals surface area contributed by atoms with Gasteiger partial charge in [0.2, 0.25) is 0 Å². The first-order valence-corrected chi connectivity index (χ1v) is 9.63. The minimum Gasteiger partial charge on any atom is -0.396 e. The molecule has 0 spiro atoms. The van der Waals surface area contributed by atoms with E-state index in [0.717, 1.165) is 0 Å². The quantitative estimate of drug-likeness (QED) is 0.158. The third-order valence-electron chi connectivity index (χ3n) is 4.94. The van der Waals surface area contributed by atoms with Crippen molar-refractivity contribution in [2.75, 3.05) is 6.61 Å². The summed E-state index contributed by atoms with van der Waals surface area (Å²) in [7, 11) is 0. The summed E-state index contributed by atoms with van der Waals surface area (Å²) < 4.78 is 223. The molecule has 0 aromatic carbocycles. The fraction of sp³-hybridized carbons (Fsp3) is 1.00. The number of hydrogen-bond donors (Lipinski definition) is 1. The highest BCUT2D eigenvalue weighted by Gasteiger charge is 2.95. The second kappa shape index (κ2) is 10.6. The van der Waals surface area contributed by atoms with Crippen LogP contribution in [0, 0.1) is 0 Å². The van der Waals surface area contributed by atoms with Gasteiger partial charge in [-0.25, -0.2) is 0 Å². The van der Waals surface area contributed by atoms with Crippen LogP contribution in [0.25, 0.3) is 0 Å². The Morgan fingerprint density at radius 3 is 0.971 bits per heavy atom. The number of unbranched alkanes of at least 4 members (excludes halogenated alkanes) is 6. The molecule has 212 valence electrons. The van der Waals surface area contributed by atoms with Crippen molar-refractivity contribution in [1.82, 2.24) is 0 Å². The SMILES string of the molecule is OCCCCCCCCCC(F)(F)C(F)(F)C(F)(F)C(F)(F)C(F)(F)C(F)(F)C(F)(F)C(F)(F)F. The van der Waals surface area contributed by atoms with Gasteiger partial charge in [-0.3, -0.25) is 0 Å². The summed E-state index contributed by atoms with van der Waals surface area (Å²) in [5.41, 5.74) is 0. The zero-order valence-electron chi connectivity index (χ0n) is 17.2. The molecule has 0 aliphatic heterocycles. The fourth-order valence-corrected chi connectivity index (χ4v) is 2.70. The molecule has 1 N–H and O–H groups in total. The number of aliphatic hydroxyl groups excluding tert-OH is 1. The van der Waals surface area contributed by atoms with E-state index in [1.807, 2.05) is 0 Å². The molecule has 18 heteroatoms. The minimum atomic E-state index is -8.59. The predicted molar refractivity (Wildman–Crippen MR) is 84.7 cm³/mol. The highest BCUT2D eigenvalue weighted by Crippen LogP contribution is 2.64. The van der Waals surface area contributed by atoms with Gasteiger partial charge in [0.1, 0.15) is 0 Å². The third kappa shape index (κ3) is 5.86. The number of aliphatic hydroxyl groups is 1. The first-order valence-electron chi connectivity index (χ1n) is 9.63. The maximum absolute atomic E-state index is 13.7. The summed E-state index contributed by atoms with van der Waals surface area (Å²) in [6.07, 6.45) is -10.1. The van der Waals surface area contributed by atoms with E-state index in [1.54, 1.807) is 0 Å². The Bertz CT molecular complexity index is 668. The predicted octanol–water partition coefficient (Wildman–Crippen LogP) is 8.11. The molecule has 1 nitrogen and oxygen atoms in total. The van der Waals surface area contributed by atoms with Gasteiger partial charge in [0.15, 0.2) is 0 Å². The van der Waals surface area contributed by atoms with E-state index >= 15 is 0 Å². The summed E-state index contributed by atoms with van der Waals surface area (Å²) in [6, 6.07) is 0. The molecular formula is C17H19F17O. The summed E-state index contributed by atoms with van der Waals surface area (Å²) in [5.74, 6) is -55.8. The van der Waals surface area contributed by atoms with Crippen LogP contribution in [0.3, 0.4) is 0 Å². The molecule has 0 saturated heterocycles. The van der Waals surface area contributed by atoms with Crippen molar-refractivity contribution in [2.45, 2.75) is 99.0 Å². The average Bonchev–Trinajstić information content (AvgIpc) is 2.68. The van der Waals surface area contributed by atoms with E-state index in [9.17, 15) is 74.6 Å². The Hall–Kier alpha value is -1.23. The van der Waals surface area contributed by atoms with Gasteiger partial charge in [-0.05, 0) is 12.8 Å². The molecule has 0 unspecified atom stereocenters. The van der Waals surface area contributed by atoms with E-state index in [4.69, 9.17) is 5.11 Å². The molecule has 0 saturated carbocycles. The zero-order chi connectivity index (χ0) is 28.4. The Labute approximate surface area is 186 Å². The second-order valence-corrected chi connectivity index (χ2v) is 7.60. The molecule has 0 aliphatic rings. The average molecular weight is 562 g/mol. The van der Waals surface area contributed by atoms with Gasteiger partial charge in [-0.1, -0.05) is 32.1 Å². The highest BCUT2D eigenvalue weighted by atomic mass is 19.4. The first kappa shape index (κ1) is 33.8. The van der Waals surface area contributed by atoms with Crippen molar-refractivity contribution in [2.24, 2.45) is 0 Å². The Morgan fingerprint density at radius 2 is 0.629 bits per heavy atom. The van der Waals surface area contributed by atoms with E-state index in [2.05, 4.69) is 0 Å². The number of halogens is 17. The zero-order valence-corrected chi connectivity index (χ0v) is 17.2. The van der Waals surface area contributed by atoms with Crippen molar-refractivity contribution in [3.63, 3.8) is 0 Å². The van der Waals surface area contributed by atoms with Gasteiger partial charge in [0, 0.05) is 13.0 Å². The van der Waals surface area contributed by atoms with Crippen LogP contribution in [-0.4, -0.2) is 59.3 Å². The summed E-state index contributed by atoms with van der Waals surface area (Å²) in [5, 5.41) is 8.52. The molecule has 0 atom stereocenters. The molecule has 35 heavy (non-hydrogen) atoms. The molecule has 0 aromatic rings. The standard InChI is InChI=1S/C17H19F17O/c18-10(19,8-6-4-2-1-3-5-7-9-35)11(20,21)12(22,23)13(24,25)14(26,27)15(28,29)16(30,31)17(32,33)34/h35H,1-9H2. The largest absolute Gasteiger partial charge is 0.460 e. The van der Waals surface area contributed by atoms with Gasteiger partial charge < -0.3 is 5.11 Å². The molecule has 0 bridgehead atoms. The molecule has 0 aliphatic carbocycles. The van der Waals surface area contributed by atoms with Crippen molar-refractivity contribution in [3.05, 3.63) is 0 Å². The fourth-order valence-electron chi connectivity index (χ4n) is 2.70. The van der Waals surface area contributed by atoms with Crippen molar-refractivity contribution < 1.29 is 79.7 Å².